The molecule has 1 fully saturated rings. The molecular formula is C15H16F2N4. The molecule has 2 aromatic rings. The standard InChI is InChI=1S/C15H16F2N4/c1-2-18-13-8-14(21-15(20-13)9-3-4-9)19-12-7-10(16)5-6-11(12)17/h5-9H,2-4H2,1H3,(H2,18,19,20,21). The van der Waals surface area contributed by atoms with Gasteiger partial charge in [0.2, 0.25) is 0 Å². The van der Waals surface area contributed by atoms with Gasteiger partial charge < -0.3 is 10.6 Å². The van der Waals surface area contributed by atoms with E-state index in [0.717, 1.165) is 43.4 Å². The third-order valence-electron chi connectivity index (χ3n) is 3.23. The predicted molar refractivity (Wildman–Crippen MR) is 77.8 cm³/mol. The van der Waals surface area contributed by atoms with Crippen molar-refractivity contribution in [1.29, 1.82) is 0 Å². The van der Waals surface area contributed by atoms with E-state index in [1.807, 2.05) is 6.92 Å². The molecule has 1 aromatic carbocycles. The molecule has 0 spiro atoms. The van der Waals surface area contributed by atoms with E-state index in [0.29, 0.717) is 17.6 Å². The Bertz CT molecular complexity index is 656. The van der Waals surface area contributed by atoms with Gasteiger partial charge in [-0.15, -0.1) is 0 Å². The van der Waals surface area contributed by atoms with Gasteiger partial charge in [0.05, 0.1) is 5.69 Å². The lowest BCUT2D eigenvalue weighted by Crippen LogP contribution is -2.06. The number of anilines is 3. The third kappa shape index (κ3) is 3.26. The second-order valence-electron chi connectivity index (χ2n) is 5.05. The molecule has 0 amide bonds. The van der Waals surface area contributed by atoms with Gasteiger partial charge in [0.15, 0.2) is 0 Å². The molecule has 110 valence electrons. The topological polar surface area (TPSA) is 49.8 Å². The van der Waals surface area contributed by atoms with E-state index in [-0.39, 0.29) is 5.69 Å². The molecule has 0 atom stereocenters. The van der Waals surface area contributed by atoms with Crippen molar-refractivity contribution in [2.24, 2.45) is 0 Å². The quantitative estimate of drug-likeness (QED) is 0.879. The van der Waals surface area contributed by atoms with Gasteiger partial charge in [0.25, 0.3) is 0 Å². The molecule has 0 unspecified atom stereocenters. The zero-order valence-electron chi connectivity index (χ0n) is 11.7. The highest BCUT2D eigenvalue weighted by Crippen LogP contribution is 2.39. The highest BCUT2D eigenvalue weighted by Gasteiger charge is 2.27. The highest BCUT2D eigenvalue weighted by molar-refractivity contribution is 5.60. The van der Waals surface area contributed by atoms with Crippen molar-refractivity contribution in [1.82, 2.24) is 9.97 Å². The van der Waals surface area contributed by atoms with Crippen LogP contribution in [-0.4, -0.2) is 16.5 Å². The minimum atomic E-state index is -0.520. The number of nitrogens with zero attached hydrogens (tertiary/aromatic N) is 2. The molecule has 21 heavy (non-hydrogen) atoms. The molecule has 1 saturated carbocycles. The van der Waals surface area contributed by atoms with Crippen LogP contribution in [0.4, 0.5) is 26.1 Å². The van der Waals surface area contributed by atoms with Crippen LogP contribution in [0.2, 0.25) is 0 Å². The number of hydrogen-bond acceptors (Lipinski definition) is 4. The molecular weight excluding hydrogens is 274 g/mol. The average molecular weight is 290 g/mol. The first-order valence-electron chi connectivity index (χ1n) is 7.00. The van der Waals surface area contributed by atoms with Crippen LogP contribution in [0, 0.1) is 11.6 Å². The molecule has 0 bridgehead atoms. The van der Waals surface area contributed by atoms with Crippen molar-refractivity contribution >= 4 is 17.3 Å². The van der Waals surface area contributed by atoms with E-state index < -0.39 is 11.6 Å². The Kier molecular flexibility index (Phi) is 3.68. The zero-order chi connectivity index (χ0) is 14.8. The normalized spacial score (nSPS) is 14.0. The molecule has 0 radical (unpaired) electrons. The van der Waals surface area contributed by atoms with Gasteiger partial charge in [-0.1, -0.05) is 0 Å². The van der Waals surface area contributed by atoms with E-state index in [1.165, 1.54) is 0 Å². The number of aromatic nitrogens is 2. The van der Waals surface area contributed by atoms with Gasteiger partial charge in [-0.2, -0.15) is 0 Å². The summed E-state index contributed by atoms with van der Waals surface area (Å²) in [6, 6.07) is 4.98. The number of nitrogens with one attached hydrogen (secondary N) is 2. The Morgan fingerprint density at radius 2 is 1.90 bits per heavy atom. The SMILES string of the molecule is CCNc1cc(Nc2cc(F)ccc2F)nc(C2CC2)n1. The Morgan fingerprint density at radius 3 is 2.62 bits per heavy atom. The number of benzene rings is 1. The van der Waals surface area contributed by atoms with E-state index in [2.05, 4.69) is 20.6 Å². The molecule has 3 rings (SSSR count). The summed E-state index contributed by atoms with van der Waals surface area (Å²) >= 11 is 0. The first-order chi connectivity index (χ1) is 10.2. The molecule has 2 N–H and O–H groups in total. The summed E-state index contributed by atoms with van der Waals surface area (Å²) in [5.74, 6) is 1.26. The van der Waals surface area contributed by atoms with Gasteiger partial charge in [0.1, 0.15) is 29.1 Å². The molecule has 1 aliphatic carbocycles. The van der Waals surface area contributed by atoms with Gasteiger partial charge in [-0.3, -0.25) is 0 Å². The molecule has 4 nitrogen and oxygen atoms in total. The van der Waals surface area contributed by atoms with Crippen LogP contribution in [0.3, 0.4) is 0 Å². The maximum Gasteiger partial charge on any atom is 0.146 e. The van der Waals surface area contributed by atoms with Crippen molar-refractivity contribution in [3.05, 3.63) is 41.7 Å². The summed E-state index contributed by atoms with van der Waals surface area (Å²) < 4.78 is 26.9. The van der Waals surface area contributed by atoms with Crippen molar-refractivity contribution in [3.63, 3.8) is 0 Å². The van der Waals surface area contributed by atoms with Gasteiger partial charge in [-0.25, -0.2) is 18.7 Å². The summed E-state index contributed by atoms with van der Waals surface area (Å²) in [6.45, 7) is 2.70. The Morgan fingerprint density at radius 1 is 1.14 bits per heavy atom. The van der Waals surface area contributed by atoms with Gasteiger partial charge >= 0.3 is 0 Å². The summed E-state index contributed by atoms with van der Waals surface area (Å²) in [6.07, 6.45) is 2.15. The van der Waals surface area contributed by atoms with E-state index in [4.69, 9.17) is 0 Å². The zero-order valence-corrected chi connectivity index (χ0v) is 11.7. The summed E-state index contributed by atoms with van der Waals surface area (Å²) in [7, 11) is 0. The summed E-state index contributed by atoms with van der Waals surface area (Å²) in [5, 5.41) is 5.95. The van der Waals surface area contributed by atoms with Crippen LogP contribution in [0.5, 0.6) is 0 Å². The lowest BCUT2D eigenvalue weighted by Gasteiger charge is -2.11. The minimum Gasteiger partial charge on any atom is -0.370 e. The van der Waals surface area contributed by atoms with Crippen LogP contribution < -0.4 is 10.6 Å². The molecule has 0 saturated heterocycles. The van der Waals surface area contributed by atoms with Crippen molar-refractivity contribution < 1.29 is 8.78 Å². The van der Waals surface area contributed by atoms with Crippen LogP contribution >= 0.6 is 0 Å². The van der Waals surface area contributed by atoms with Gasteiger partial charge in [0, 0.05) is 24.6 Å². The first-order valence-corrected chi connectivity index (χ1v) is 7.00. The van der Waals surface area contributed by atoms with Crippen molar-refractivity contribution in [2.75, 3.05) is 17.2 Å². The maximum absolute atomic E-state index is 13.7. The van der Waals surface area contributed by atoms with E-state index in [9.17, 15) is 8.78 Å². The number of halogens is 2. The third-order valence-corrected chi connectivity index (χ3v) is 3.23. The van der Waals surface area contributed by atoms with E-state index >= 15 is 0 Å². The van der Waals surface area contributed by atoms with Crippen molar-refractivity contribution in [2.45, 2.75) is 25.7 Å². The largest absolute Gasteiger partial charge is 0.370 e. The average Bonchev–Trinajstić information content (AvgIpc) is 3.28. The van der Waals surface area contributed by atoms with Crippen LogP contribution in [0.1, 0.15) is 31.5 Å². The fourth-order valence-corrected chi connectivity index (χ4v) is 2.06. The van der Waals surface area contributed by atoms with E-state index in [1.54, 1.807) is 6.07 Å². The second-order valence-corrected chi connectivity index (χ2v) is 5.05. The smallest absolute Gasteiger partial charge is 0.146 e. The van der Waals surface area contributed by atoms with Crippen molar-refractivity contribution in [3.8, 4) is 0 Å². The fraction of sp³-hybridized carbons (Fsp3) is 0.333. The second kappa shape index (κ2) is 5.63. The van der Waals surface area contributed by atoms with Crippen LogP contribution in [0.25, 0.3) is 0 Å². The monoisotopic (exact) mass is 290 g/mol. The lowest BCUT2D eigenvalue weighted by atomic mass is 10.3. The maximum atomic E-state index is 13.7. The minimum absolute atomic E-state index is 0.0675. The van der Waals surface area contributed by atoms with Crippen LogP contribution in [-0.2, 0) is 0 Å². The van der Waals surface area contributed by atoms with Gasteiger partial charge in [-0.05, 0) is 31.9 Å². The number of hydrogen-bond donors (Lipinski definition) is 2. The first kappa shape index (κ1) is 13.7. The predicted octanol–water partition coefficient (Wildman–Crippen LogP) is 3.81. The molecule has 1 heterocycles. The summed E-state index contributed by atoms with van der Waals surface area (Å²) in [4.78, 5) is 8.83. The number of rotatable bonds is 5. The molecule has 0 aliphatic heterocycles. The Hall–Kier alpha value is -2.24. The Labute approximate surface area is 121 Å². The molecule has 1 aromatic heterocycles. The fourth-order valence-electron chi connectivity index (χ4n) is 2.06. The Balaban J connectivity index is 1.91. The highest BCUT2D eigenvalue weighted by atomic mass is 19.1. The lowest BCUT2D eigenvalue weighted by molar-refractivity contribution is 0.603. The van der Waals surface area contributed by atoms with Crippen LogP contribution in [0.15, 0.2) is 24.3 Å². The molecule has 6 heteroatoms. The molecule has 1 aliphatic rings. The summed E-state index contributed by atoms with van der Waals surface area (Å²) in [5.41, 5.74) is 0.0675.